The van der Waals surface area contributed by atoms with Gasteiger partial charge in [0.1, 0.15) is 4.88 Å². The molecular formula is C11H14ClNO2S2. The number of carbonyl (C=O) groups excluding carboxylic acids is 1. The van der Waals surface area contributed by atoms with Crippen LogP contribution in [0.5, 0.6) is 0 Å². The lowest BCUT2D eigenvalue weighted by molar-refractivity contribution is 0.0756. The fourth-order valence-electron chi connectivity index (χ4n) is 1.99. The summed E-state index contributed by atoms with van der Waals surface area (Å²) in [7, 11) is -0.843. The first kappa shape index (κ1) is 13.1. The van der Waals surface area contributed by atoms with Crippen molar-refractivity contribution in [3.05, 3.63) is 21.3 Å². The molecule has 1 aliphatic heterocycles. The van der Waals surface area contributed by atoms with Crippen LogP contribution in [0, 0.1) is 0 Å². The average molecular weight is 292 g/mol. The molecule has 0 aliphatic carbocycles. The molecule has 0 saturated carbocycles. The molecule has 0 radical (unpaired) electrons. The van der Waals surface area contributed by atoms with E-state index in [0.717, 1.165) is 0 Å². The molecule has 17 heavy (non-hydrogen) atoms. The van der Waals surface area contributed by atoms with Crippen molar-refractivity contribution in [1.29, 1.82) is 0 Å². The van der Waals surface area contributed by atoms with Gasteiger partial charge in [0.25, 0.3) is 5.91 Å². The number of thiophene rings is 1. The monoisotopic (exact) mass is 291 g/mol. The van der Waals surface area contributed by atoms with Crippen molar-refractivity contribution < 1.29 is 9.00 Å². The molecule has 0 bridgehead atoms. The predicted molar refractivity (Wildman–Crippen MR) is 72.3 cm³/mol. The van der Waals surface area contributed by atoms with E-state index in [1.165, 1.54) is 11.3 Å². The van der Waals surface area contributed by atoms with E-state index in [2.05, 4.69) is 0 Å². The molecule has 0 unspecified atom stereocenters. The first-order valence-corrected chi connectivity index (χ1v) is 7.95. The average Bonchev–Trinajstić information content (AvgIpc) is 2.70. The van der Waals surface area contributed by atoms with Gasteiger partial charge in [-0.3, -0.25) is 9.00 Å². The Morgan fingerprint density at radius 2 is 2.06 bits per heavy atom. The Bertz CT molecular complexity index is 446. The second-order valence-electron chi connectivity index (χ2n) is 4.26. The van der Waals surface area contributed by atoms with Gasteiger partial charge in [-0.25, -0.2) is 0 Å². The zero-order chi connectivity index (χ0) is 12.6. The molecule has 1 amide bonds. The largest absolute Gasteiger partial charge is 0.336 e. The summed E-state index contributed by atoms with van der Waals surface area (Å²) < 4.78 is 11.8. The molecular weight excluding hydrogens is 278 g/mol. The Kier molecular flexibility index (Phi) is 3.90. The first-order chi connectivity index (χ1) is 8.00. The molecule has 94 valence electrons. The van der Waals surface area contributed by atoms with E-state index in [-0.39, 0.29) is 16.4 Å². The van der Waals surface area contributed by atoms with Crippen molar-refractivity contribution in [3.8, 4) is 0 Å². The van der Waals surface area contributed by atoms with Crippen molar-refractivity contribution >= 4 is 39.6 Å². The third kappa shape index (κ3) is 2.56. The lowest BCUT2D eigenvalue weighted by atomic mass is 10.3. The van der Waals surface area contributed by atoms with Crippen LogP contribution in [0.15, 0.2) is 11.4 Å². The van der Waals surface area contributed by atoms with Crippen LogP contribution < -0.4 is 0 Å². The Balaban J connectivity index is 2.17. The quantitative estimate of drug-likeness (QED) is 0.797. The van der Waals surface area contributed by atoms with E-state index in [0.29, 0.717) is 23.0 Å². The molecule has 0 spiro atoms. The maximum Gasteiger partial charge on any atom is 0.265 e. The van der Waals surface area contributed by atoms with Gasteiger partial charge in [-0.15, -0.1) is 11.3 Å². The SMILES string of the molecule is C[C@@H]1CN(C(=O)c2sccc2Cl)C[C@@H](C)S1=O. The number of hydrogen-bond acceptors (Lipinski definition) is 3. The van der Waals surface area contributed by atoms with Crippen LogP contribution in [0.1, 0.15) is 23.5 Å². The molecule has 2 heterocycles. The zero-order valence-electron chi connectivity index (χ0n) is 9.68. The van der Waals surface area contributed by atoms with Gasteiger partial charge in [-0.1, -0.05) is 11.6 Å². The smallest absolute Gasteiger partial charge is 0.265 e. The van der Waals surface area contributed by atoms with Crippen molar-refractivity contribution in [3.63, 3.8) is 0 Å². The second kappa shape index (κ2) is 5.08. The van der Waals surface area contributed by atoms with Gasteiger partial charge in [0, 0.05) is 34.4 Å². The summed E-state index contributed by atoms with van der Waals surface area (Å²) in [5.41, 5.74) is 0. The summed E-state index contributed by atoms with van der Waals surface area (Å²) in [6, 6.07) is 1.73. The highest BCUT2D eigenvalue weighted by atomic mass is 35.5. The van der Waals surface area contributed by atoms with Crippen molar-refractivity contribution in [2.75, 3.05) is 13.1 Å². The number of hydrogen-bond donors (Lipinski definition) is 0. The lowest BCUT2D eigenvalue weighted by Gasteiger charge is -2.34. The highest BCUT2D eigenvalue weighted by Gasteiger charge is 2.32. The van der Waals surface area contributed by atoms with E-state index in [1.54, 1.807) is 11.0 Å². The summed E-state index contributed by atoms with van der Waals surface area (Å²) in [6.07, 6.45) is 0. The summed E-state index contributed by atoms with van der Waals surface area (Å²) >= 11 is 7.31. The molecule has 1 fully saturated rings. The van der Waals surface area contributed by atoms with Gasteiger partial charge >= 0.3 is 0 Å². The minimum atomic E-state index is -0.843. The number of halogens is 1. The molecule has 3 nitrogen and oxygen atoms in total. The van der Waals surface area contributed by atoms with Crippen LogP contribution in [0.25, 0.3) is 0 Å². The van der Waals surface area contributed by atoms with E-state index >= 15 is 0 Å². The number of rotatable bonds is 1. The molecule has 1 saturated heterocycles. The van der Waals surface area contributed by atoms with Crippen molar-refractivity contribution in [2.45, 2.75) is 24.3 Å². The number of amides is 1. The minimum Gasteiger partial charge on any atom is -0.336 e. The molecule has 2 atom stereocenters. The van der Waals surface area contributed by atoms with Gasteiger partial charge < -0.3 is 4.90 Å². The van der Waals surface area contributed by atoms with E-state index in [1.807, 2.05) is 19.2 Å². The van der Waals surface area contributed by atoms with Crippen molar-refractivity contribution in [2.24, 2.45) is 0 Å². The van der Waals surface area contributed by atoms with E-state index in [9.17, 15) is 9.00 Å². The predicted octanol–water partition coefficient (Wildman–Crippen LogP) is 2.38. The summed E-state index contributed by atoms with van der Waals surface area (Å²) in [5, 5.41) is 2.37. The first-order valence-electron chi connectivity index (χ1n) is 5.42. The third-order valence-electron chi connectivity index (χ3n) is 2.85. The molecule has 1 aliphatic rings. The fourth-order valence-corrected chi connectivity index (χ4v) is 4.54. The summed E-state index contributed by atoms with van der Waals surface area (Å²) in [5.74, 6) is -0.0413. The molecule has 1 aromatic heterocycles. The Morgan fingerprint density at radius 3 is 2.53 bits per heavy atom. The normalized spacial score (nSPS) is 26.2. The second-order valence-corrected chi connectivity index (χ2v) is 7.85. The van der Waals surface area contributed by atoms with Crippen LogP contribution >= 0.6 is 22.9 Å². The molecule has 6 heteroatoms. The Morgan fingerprint density at radius 1 is 1.47 bits per heavy atom. The Hall–Kier alpha value is -0.390. The molecule has 0 N–H and O–H groups in total. The standard InChI is InChI=1S/C11H14ClNO2S2/c1-7-5-13(6-8(2)17(7)15)11(14)10-9(12)3-4-16-10/h3-4,7-8H,5-6H2,1-2H3/t7-,8-/m1/s1. The Labute approximate surface area is 112 Å². The zero-order valence-corrected chi connectivity index (χ0v) is 12.1. The van der Waals surface area contributed by atoms with Gasteiger partial charge in [0.2, 0.25) is 0 Å². The summed E-state index contributed by atoms with van der Waals surface area (Å²) in [6.45, 7) is 4.93. The van der Waals surface area contributed by atoms with Crippen LogP contribution in [-0.2, 0) is 10.8 Å². The summed E-state index contributed by atoms with van der Waals surface area (Å²) in [4.78, 5) is 14.6. The van der Waals surface area contributed by atoms with E-state index < -0.39 is 10.8 Å². The van der Waals surface area contributed by atoms with Gasteiger partial charge in [0.15, 0.2) is 0 Å². The number of nitrogens with zero attached hydrogens (tertiary/aromatic N) is 1. The molecule has 2 rings (SSSR count). The molecule has 0 aromatic carbocycles. The van der Waals surface area contributed by atoms with E-state index in [4.69, 9.17) is 11.6 Å². The van der Waals surface area contributed by atoms with Crippen LogP contribution in [-0.4, -0.2) is 38.6 Å². The fraction of sp³-hybridized carbons (Fsp3) is 0.545. The maximum atomic E-state index is 12.2. The van der Waals surface area contributed by atoms with Crippen molar-refractivity contribution in [1.82, 2.24) is 4.90 Å². The van der Waals surface area contributed by atoms with Crippen LogP contribution in [0.4, 0.5) is 0 Å². The van der Waals surface area contributed by atoms with Gasteiger partial charge in [-0.2, -0.15) is 0 Å². The third-order valence-corrected chi connectivity index (χ3v) is 6.06. The number of carbonyl (C=O) groups is 1. The maximum absolute atomic E-state index is 12.2. The van der Waals surface area contributed by atoms with Crippen LogP contribution in [0.2, 0.25) is 5.02 Å². The van der Waals surface area contributed by atoms with Gasteiger partial charge in [0.05, 0.1) is 5.02 Å². The topological polar surface area (TPSA) is 37.4 Å². The van der Waals surface area contributed by atoms with Gasteiger partial charge in [-0.05, 0) is 25.3 Å². The lowest BCUT2D eigenvalue weighted by Crippen LogP contribution is -2.49. The highest BCUT2D eigenvalue weighted by molar-refractivity contribution is 7.86. The highest BCUT2D eigenvalue weighted by Crippen LogP contribution is 2.25. The molecule has 1 aromatic rings. The minimum absolute atomic E-state index is 0.0291. The van der Waals surface area contributed by atoms with Crippen LogP contribution in [0.3, 0.4) is 0 Å².